The van der Waals surface area contributed by atoms with Crippen molar-refractivity contribution in [3.8, 4) is 44.5 Å². The monoisotopic (exact) mass is 699 g/mol. The number of anilines is 3. The summed E-state index contributed by atoms with van der Waals surface area (Å²) in [6.45, 7) is 0. The Hall–Kier alpha value is -7.22. The molecule has 258 valence electrons. The minimum Gasteiger partial charge on any atom is -0.310 e. The maximum atomic E-state index is 2.42. The van der Waals surface area contributed by atoms with Gasteiger partial charge in [0.05, 0.1) is 5.69 Å². The van der Waals surface area contributed by atoms with Crippen molar-refractivity contribution in [1.29, 1.82) is 0 Å². The predicted octanol–water partition coefficient (Wildman–Crippen LogP) is 15.3. The van der Waals surface area contributed by atoms with Crippen LogP contribution in [0.3, 0.4) is 0 Å². The first-order valence-electron chi connectivity index (χ1n) is 18.9. The summed E-state index contributed by atoms with van der Waals surface area (Å²) < 4.78 is 0. The van der Waals surface area contributed by atoms with Crippen LogP contribution in [0.5, 0.6) is 0 Å². The van der Waals surface area contributed by atoms with Gasteiger partial charge in [0.25, 0.3) is 0 Å². The van der Waals surface area contributed by atoms with Gasteiger partial charge < -0.3 is 4.90 Å². The SMILES string of the molecule is c1ccc(-c2cccc(N(c3ccc(-c4cccc5ccccc45)cc3)c3ccc(-c4cccc5c4ccc4ccccc45)cc3-c3ccccc3)c2)cc1. The van der Waals surface area contributed by atoms with E-state index in [0.717, 1.165) is 17.1 Å². The number of nitrogens with zero attached hydrogens (tertiary/aromatic N) is 1. The van der Waals surface area contributed by atoms with E-state index in [9.17, 15) is 0 Å². The zero-order valence-electron chi connectivity index (χ0n) is 30.3. The van der Waals surface area contributed by atoms with Crippen LogP contribution in [0.2, 0.25) is 0 Å². The highest BCUT2D eigenvalue weighted by Crippen LogP contribution is 2.45. The molecule has 1 nitrogen and oxygen atoms in total. The molecule has 10 aromatic carbocycles. The first kappa shape index (κ1) is 32.4. The Morgan fingerprint density at radius 2 is 0.782 bits per heavy atom. The molecule has 0 unspecified atom stereocenters. The molecule has 10 rings (SSSR count). The van der Waals surface area contributed by atoms with E-state index < -0.39 is 0 Å². The second kappa shape index (κ2) is 14.0. The summed E-state index contributed by atoms with van der Waals surface area (Å²) >= 11 is 0. The Morgan fingerprint density at radius 1 is 0.236 bits per heavy atom. The van der Waals surface area contributed by atoms with Gasteiger partial charge in [-0.3, -0.25) is 0 Å². The number of fused-ring (bicyclic) bond motifs is 4. The Labute approximate surface area is 322 Å². The molecule has 0 bridgehead atoms. The lowest BCUT2D eigenvalue weighted by molar-refractivity contribution is 1.28. The van der Waals surface area contributed by atoms with Crippen molar-refractivity contribution in [2.75, 3.05) is 4.90 Å². The lowest BCUT2D eigenvalue weighted by Crippen LogP contribution is -2.11. The van der Waals surface area contributed by atoms with Crippen LogP contribution in [0.25, 0.3) is 76.8 Å². The molecule has 1 heteroatoms. The standard InChI is InChI=1S/C54H37N/c1-3-14-38(15-4-1)43-21-11-22-46(36-43)55(45-32-28-42(29-33-45)48-25-12-20-39-18-7-9-23-47(39)48)54-35-31-44(37-53(54)40-16-5-2-6-17-40)50-26-13-27-51-49-24-10-8-19-41(49)30-34-52(50)51/h1-37H. The Balaban J connectivity index is 1.17. The molecule has 0 spiro atoms. The molecule has 0 fully saturated rings. The Morgan fingerprint density at radius 3 is 1.56 bits per heavy atom. The maximum Gasteiger partial charge on any atom is 0.0540 e. The van der Waals surface area contributed by atoms with Gasteiger partial charge in [-0.15, -0.1) is 0 Å². The molecular weight excluding hydrogens is 663 g/mol. The molecule has 0 aliphatic rings. The minimum atomic E-state index is 1.09. The molecule has 0 aromatic heterocycles. The molecule has 0 radical (unpaired) electrons. The number of hydrogen-bond donors (Lipinski definition) is 0. The lowest BCUT2D eigenvalue weighted by Gasteiger charge is -2.29. The van der Waals surface area contributed by atoms with Crippen molar-refractivity contribution < 1.29 is 0 Å². The van der Waals surface area contributed by atoms with Crippen LogP contribution < -0.4 is 4.90 Å². The highest BCUT2D eigenvalue weighted by Gasteiger charge is 2.20. The van der Waals surface area contributed by atoms with Gasteiger partial charge in [0.1, 0.15) is 0 Å². The van der Waals surface area contributed by atoms with Crippen LogP contribution in [0, 0.1) is 0 Å². The fourth-order valence-electron chi connectivity index (χ4n) is 8.19. The summed E-state index contributed by atoms with van der Waals surface area (Å²) in [5.74, 6) is 0. The highest BCUT2D eigenvalue weighted by atomic mass is 15.1. The van der Waals surface area contributed by atoms with E-state index in [2.05, 4.69) is 229 Å². The van der Waals surface area contributed by atoms with Crippen molar-refractivity contribution in [1.82, 2.24) is 0 Å². The third-order valence-corrected chi connectivity index (χ3v) is 10.9. The van der Waals surface area contributed by atoms with Gasteiger partial charge in [0.15, 0.2) is 0 Å². The van der Waals surface area contributed by atoms with Gasteiger partial charge in [-0.25, -0.2) is 0 Å². The third kappa shape index (κ3) is 6.02. The molecule has 0 N–H and O–H groups in total. The average molecular weight is 700 g/mol. The zero-order chi connectivity index (χ0) is 36.6. The molecular formula is C54H37N. The molecule has 0 saturated carbocycles. The van der Waals surface area contributed by atoms with Crippen LogP contribution in [0.15, 0.2) is 224 Å². The first-order chi connectivity index (χ1) is 27.3. The molecule has 0 aliphatic heterocycles. The van der Waals surface area contributed by atoms with E-state index in [1.165, 1.54) is 76.8 Å². The van der Waals surface area contributed by atoms with Gasteiger partial charge in [-0.1, -0.05) is 188 Å². The van der Waals surface area contributed by atoms with E-state index in [1.807, 2.05) is 0 Å². The summed E-state index contributed by atoms with van der Waals surface area (Å²) in [6.07, 6.45) is 0. The molecule has 0 atom stereocenters. The topological polar surface area (TPSA) is 3.24 Å². The van der Waals surface area contributed by atoms with E-state index >= 15 is 0 Å². The summed E-state index contributed by atoms with van der Waals surface area (Å²) in [5, 5.41) is 7.56. The fourth-order valence-corrected chi connectivity index (χ4v) is 8.19. The largest absolute Gasteiger partial charge is 0.310 e. The van der Waals surface area contributed by atoms with Gasteiger partial charge in [0, 0.05) is 16.9 Å². The van der Waals surface area contributed by atoms with E-state index in [-0.39, 0.29) is 0 Å². The van der Waals surface area contributed by atoms with E-state index in [4.69, 9.17) is 0 Å². The Bertz CT molecular complexity index is 2960. The molecule has 10 aromatic rings. The van der Waals surface area contributed by atoms with Crippen molar-refractivity contribution in [2.24, 2.45) is 0 Å². The molecule has 0 amide bonds. The van der Waals surface area contributed by atoms with Crippen molar-refractivity contribution in [3.05, 3.63) is 224 Å². The highest BCUT2D eigenvalue weighted by molar-refractivity contribution is 6.12. The van der Waals surface area contributed by atoms with Gasteiger partial charge in [-0.05, 0) is 108 Å². The summed E-state index contributed by atoms with van der Waals surface area (Å²) in [4.78, 5) is 2.42. The lowest BCUT2D eigenvalue weighted by atomic mass is 9.92. The predicted molar refractivity (Wildman–Crippen MR) is 235 cm³/mol. The fraction of sp³-hybridized carbons (Fsp3) is 0. The van der Waals surface area contributed by atoms with Gasteiger partial charge >= 0.3 is 0 Å². The van der Waals surface area contributed by atoms with Gasteiger partial charge in [-0.2, -0.15) is 0 Å². The molecule has 0 saturated heterocycles. The van der Waals surface area contributed by atoms with Crippen LogP contribution in [-0.4, -0.2) is 0 Å². The van der Waals surface area contributed by atoms with Crippen molar-refractivity contribution in [2.45, 2.75) is 0 Å². The van der Waals surface area contributed by atoms with E-state index in [1.54, 1.807) is 0 Å². The van der Waals surface area contributed by atoms with E-state index in [0.29, 0.717) is 0 Å². The molecule has 0 aliphatic carbocycles. The number of hydrogen-bond acceptors (Lipinski definition) is 1. The summed E-state index contributed by atoms with van der Waals surface area (Å²) in [6, 6.07) is 81.5. The van der Waals surface area contributed by atoms with Crippen molar-refractivity contribution in [3.63, 3.8) is 0 Å². The van der Waals surface area contributed by atoms with Crippen LogP contribution in [-0.2, 0) is 0 Å². The second-order valence-corrected chi connectivity index (χ2v) is 14.1. The van der Waals surface area contributed by atoms with Crippen LogP contribution >= 0.6 is 0 Å². The second-order valence-electron chi connectivity index (χ2n) is 14.1. The number of benzene rings is 10. The van der Waals surface area contributed by atoms with Crippen molar-refractivity contribution >= 4 is 49.4 Å². The average Bonchev–Trinajstić information content (AvgIpc) is 3.27. The smallest absolute Gasteiger partial charge is 0.0540 e. The van der Waals surface area contributed by atoms with Crippen LogP contribution in [0.1, 0.15) is 0 Å². The first-order valence-corrected chi connectivity index (χ1v) is 18.9. The summed E-state index contributed by atoms with van der Waals surface area (Å²) in [7, 11) is 0. The van der Waals surface area contributed by atoms with Crippen LogP contribution in [0.4, 0.5) is 17.1 Å². The Kier molecular flexibility index (Phi) is 8.24. The zero-order valence-corrected chi connectivity index (χ0v) is 30.3. The quantitative estimate of drug-likeness (QED) is 0.150. The normalized spacial score (nSPS) is 11.3. The third-order valence-electron chi connectivity index (χ3n) is 10.9. The van der Waals surface area contributed by atoms with Gasteiger partial charge in [0.2, 0.25) is 0 Å². The summed E-state index contributed by atoms with van der Waals surface area (Å²) in [5.41, 5.74) is 12.9. The maximum absolute atomic E-state index is 2.42. The number of rotatable bonds is 7. The minimum absolute atomic E-state index is 1.09. The molecule has 55 heavy (non-hydrogen) atoms. The molecule has 0 heterocycles.